The van der Waals surface area contributed by atoms with E-state index in [0.717, 1.165) is 38.4 Å². The molecule has 0 radical (unpaired) electrons. The second-order valence-electron chi connectivity index (χ2n) is 6.40. The summed E-state index contributed by atoms with van der Waals surface area (Å²) >= 11 is 0. The zero-order chi connectivity index (χ0) is 16.1. The first-order valence-electron chi connectivity index (χ1n) is 8.92. The molecule has 24 heavy (non-hydrogen) atoms. The molecule has 1 aliphatic heterocycles. The van der Waals surface area contributed by atoms with Crippen molar-refractivity contribution in [2.24, 2.45) is 10.7 Å². The van der Waals surface area contributed by atoms with Crippen molar-refractivity contribution in [3.05, 3.63) is 35.5 Å². The number of hydrogen-bond donors (Lipinski definition) is 2. The van der Waals surface area contributed by atoms with Crippen molar-refractivity contribution in [1.82, 2.24) is 9.88 Å². The minimum absolute atomic E-state index is 0. The number of aromatic nitrogens is 1. The third kappa shape index (κ3) is 4.43. The number of likely N-dealkylation sites (tertiary alicyclic amines) is 1. The average Bonchev–Trinajstić information content (AvgIpc) is 2.81. The van der Waals surface area contributed by atoms with Gasteiger partial charge in [0.2, 0.25) is 0 Å². The van der Waals surface area contributed by atoms with Crippen LogP contribution in [-0.4, -0.2) is 35.5 Å². The molecule has 1 aliphatic rings. The van der Waals surface area contributed by atoms with Gasteiger partial charge in [0.15, 0.2) is 5.96 Å². The van der Waals surface area contributed by atoms with Gasteiger partial charge in [0, 0.05) is 36.7 Å². The number of H-pyrrole nitrogens is 1. The van der Waals surface area contributed by atoms with Gasteiger partial charge >= 0.3 is 0 Å². The quantitative estimate of drug-likeness (QED) is 0.428. The summed E-state index contributed by atoms with van der Waals surface area (Å²) in [6.45, 7) is 5.07. The Morgan fingerprint density at radius 3 is 2.62 bits per heavy atom. The second kappa shape index (κ2) is 9.30. The summed E-state index contributed by atoms with van der Waals surface area (Å²) in [4.78, 5) is 10.3. The maximum atomic E-state index is 6.18. The van der Waals surface area contributed by atoms with E-state index in [1.165, 1.54) is 47.7 Å². The summed E-state index contributed by atoms with van der Waals surface area (Å²) in [5.74, 6) is 0.723. The van der Waals surface area contributed by atoms with Crippen LogP contribution in [0.1, 0.15) is 43.7 Å². The number of nitrogens with one attached hydrogen (secondary N) is 1. The number of guanidine groups is 1. The van der Waals surface area contributed by atoms with Gasteiger partial charge in [-0.3, -0.25) is 4.99 Å². The second-order valence-corrected chi connectivity index (χ2v) is 6.40. The zero-order valence-electron chi connectivity index (χ0n) is 14.6. The highest BCUT2D eigenvalue weighted by atomic mass is 127. The van der Waals surface area contributed by atoms with E-state index < -0.39 is 0 Å². The Labute approximate surface area is 161 Å². The number of aromatic amines is 1. The van der Waals surface area contributed by atoms with Crippen LogP contribution < -0.4 is 5.73 Å². The van der Waals surface area contributed by atoms with Crippen LogP contribution in [0.5, 0.6) is 0 Å². The third-order valence-corrected chi connectivity index (χ3v) is 4.85. The van der Waals surface area contributed by atoms with E-state index in [9.17, 15) is 0 Å². The highest BCUT2D eigenvalue weighted by Gasteiger charge is 2.11. The molecule has 0 amide bonds. The van der Waals surface area contributed by atoms with E-state index in [-0.39, 0.29) is 24.0 Å². The number of para-hydroxylation sites is 1. The zero-order valence-corrected chi connectivity index (χ0v) is 16.9. The number of aryl methyl sites for hydroxylation is 1. The highest BCUT2D eigenvalue weighted by molar-refractivity contribution is 14.0. The molecule has 132 valence electrons. The van der Waals surface area contributed by atoms with Crippen LogP contribution in [0.4, 0.5) is 0 Å². The minimum atomic E-state index is 0. The molecule has 0 bridgehead atoms. The van der Waals surface area contributed by atoms with Crippen molar-refractivity contribution in [2.45, 2.75) is 45.4 Å². The fourth-order valence-electron chi connectivity index (χ4n) is 3.47. The first-order valence-corrected chi connectivity index (χ1v) is 8.92. The van der Waals surface area contributed by atoms with Gasteiger partial charge in [-0.15, -0.1) is 24.0 Å². The van der Waals surface area contributed by atoms with E-state index in [0.29, 0.717) is 0 Å². The lowest BCUT2D eigenvalue weighted by atomic mass is 10.1. The van der Waals surface area contributed by atoms with Crippen LogP contribution >= 0.6 is 24.0 Å². The summed E-state index contributed by atoms with van der Waals surface area (Å²) < 4.78 is 0. The molecular weight excluding hydrogens is 411 g/mol. The number of nitrogens with two attached hydrogens (primary N) is 1. The summed E-state index contributed by atoms with van der Waals surface area (Å²) in [5, 5.41) is 1.33. The van der Waals surface area contributed by atoms with E-state index in [1.807, 2.05) is 0 Å². The molecule has 0 unspecified atom stereocenters. The van der Waals surface area contributed by atoms with Gasteiger partial charge in [0.05, 0.1) is 0 Å². The Balaban J connectivity index is 0.00000208. The number of hydrogen-bond acceptors (Lipinski definition) is 1. The van der Waals surface area contributed by atoms with E-state index in [2.05, 4.69) is 46.2 Å². The lowest BCUT2D eigenvalue weighted by Gasteiger charge is -2.21. The molecule has 1 aromatic carbocycles. The first-order chi connectivity index (χ1) is 11.3. The molecule has 1 fully saturated rings. The standard InChI is InChI=1S/C19H28N4.HI/c1-2-15-8-7-9-17-16(14-22-18(15)17)10-11-21-19(20)23-12-5-3-4-6-13-23;/h7-9,14,22H,2-6,10-13H2,1H3,(H2,20,21);1H. The predicted molar refractivity (Wildman–Crippen MR) is 113 cm³/mol. The van der Waals surface area contributed by atoms with Crippen molar-refractivity contribution in [3.8, 4) is 0 Å². The van der Waals surface area contributed by atoms with Crippen molar-refractivity contribution < 1.29 is 0 Å². The van der Waals surface area contributed by atoms with E-state index >= 15 is 0 Å². The molecule has 2 aromatic rings. The normalized spacial score (nSPS) is 16.0. The van der Waals surface area contributed by atoms with E-state index in [4.69, 9.17) is 5.73 Å². The lowest BCUT2D eigenvalue weighted by Crippen LogP contribution is -2.38. The summed E-state index contributed by atoms with van der Waals surface area (Å²) in [7, 11) is 0. The van der Waals surface area contributed by atoms with Crippen molar-refractivity contribution in [1.29, 1.82) is 0 Å². The van der Waals surface area contributed by atoms with Gasteiger partial charge in [-0.1, -0.05) is 38.0 Å². The summed E-state index contributed by atoms with van der Waals surface area (Å²) in [6.07, 6.45) is 9.22. The number of nitrogens with zero attached hydrogens (tertiary/aromatic N) is 2. The highest BCUT2D eigenvalue weighted by Crippen LogP contribution is 2.22. The number of halogens is 1. The number of rotatable bonds is 4. The summed E-state index contributed by atoms with van der Waals surface area (Å²) in [5.41, 5.74) is 10.2. The minimum Gasteiger partial charge on any atom is -0.370 e. The lowest BCUT2D eigenvalue weighted by molar-refractivity contribution is 0.428. The molecule has 3 rings (SSSR count). The molecule has 0 saturated carbocycles. The van der Waals surface area contributed by atoms with Crippen LogP contribution in [0.25, 0.3) is 10.9 Å². The van der Waals surface area contributed by atoms with Crippen LogP contribution in [0, 0.1) is 0 Å². The van der Waals surface area contributed by atoms with E-state index in [1.54, 1.807) is 0 Å². The Kier molecular flexibility index (Phi) is 7.40. The van der Waals surface area contributed by atoms with Crippen LogP contribution in [0.15, 0.2) is 29.4 Å². The predicted octanol–water partition coefficient (Wildman–Crippen LogP) is 4.08. The monoisotopic (exact) mass is 440 g/mol. The molecule has 3 N–H and O–H groups in total. The SMILES string of the molecule is CCc1cccc2c(CCN=C(N)N3CCCCCC3)c[nH]c12.I. The Bertz CT molecular complexity index is 669. The fraction of sp³-hybridized carbons (Fsp3) is 0.526. The van der Waals surface area contributed by atoms with Crippen molar-refractivity contribution in [3.63, 3.8) is 0 Å². The van der Waals surface area contributed by atoms with Crippen LogP contribution in [-0.2, 0) is 12.8 Å². The molecule has 0 atom stereocenters. The van der Waals surface area contributed by atoms with Gasteiger partial charge in [-0.2, -0.15) is 0 Å². The number of benzene rings is 1. The molecule has 4 nitrogen and oxygen atoms in total. The topological polar surface area (TPSA) is 57.4 Å². The maximum Gasteiger partial charge on any atom is 0.191 e. The van der Waals surface area contributed by atoms with Gasteiger partial charge in [0.25, 0.3) is 0 Å². The Morgan fingerprint density at radius 1 is 1.17 bits per heavy atom. The average molecular weight is 440 g/mol. The molecule has 1 aromatic heterocycles. The Morgan fingerprint density at radius 2 is 1.92 bits per heavy atom. The first kappa shape index (κ1) is 19.1. The molecular formula is C19H29IN4. The molecule has 2 heterocycles. The van der Waals surface area contributed by atoms with Crippen LogP contribution in [0.2, 0.25) is 0 Å². The molecule has 0 spiro atoms. The largest absolute Gasteiger partial charge is 0.370 e. The van der Waals surface area contributed by atoms with Crippen LogP contribution in [0.3, 0.4) is 0 Å². The van der Waals surface area contributed by atoms with Gasteiger partial charge < -0.3 is 15.6 Å². The molecule has 5 heteroatoms. The third-order valence-electron chi connectivity index (χ3n) is 4.85. The van der Waals surface area contributed by atoms with Gasteiger partial charge in [-0.05, 0) is 36.8 Å². The summed E-state index contributed by atoms with van der Waals surface area (Å²) in [6, 6.07) is 6.54. The van der Waals surface area contributed by atoms with Gasteiger partial charge in [-0.25, -0.2) is 0 Å². The number of aliphatic imine (C=N–C) groups is 1. The Hall–Kier alpha value is -1.24. The maximum absolute atomic E-state index is 6.18. The number of fused-ring (bicyclic) bond motifs is 1. The van der Waals surface area contributed by atoms with Crippen molar-refractivity contribution >= 4 is 40.8 Å². The molecule has 0 aliphatic carbocycles. The molecule has 1 saturated heterocycles. The van der Waals surface area contributed by atoms with Crippen molar-refractivity contribution in [2.75, 3.05) is 19.6 Å². The smallest absolute Gasteiger partial charge is 0.191 e. The van der Waals surface area contributed by atoms with Gasteiger partial charge in [0.1, 0.15) is 0 Å². The fourth-order valence-corrected chi connectivity index (χ4v) is 3.47.